The number of nitrogens with zero attached hydrogens (tertiary/aromatic N) is 4. The summed E-state index contributed by atoms with van der Waals surface area (Å²) in [6.07, 6.45) is 2.45. The van der Waals surface area contributed by atoms with E-state index in [1.54, 1.807) is 0 Å². The van der Waals surface area contributed by atoms with Gasteiger partial charge in [-0.15, -0.1) is 0 Å². The van der Waals surface area contributed by atoms with E-state index in [2.05, 4.69) is 29.8 Å². The van der Waals surface area contributed by atoms with Gasteiger partial charge in [0.05, 0.1) is 13.2 Å². The van der Waals surface area contributed by atoms with Crippen LogP contribution in [0.15, 0.2) is 6.07 Å². The second-order valence-corrected chi connectivity index (χ2v) is 5.93. The number of rotatable bonds is 2. The molecule has 0 saturated carbocycles. The lowest BCUT2D eigenvalue weighted by atomic mass is 9.97. The molecule has 0 N–H and O–H groups in total. The van der Waals surface area contributed by atoms with Crippen molar-refractivity contribution in [3.63, 3.8) is 0 Å². The Hall–Kier alpha value is -1.20. The zero-order valence-corrected chi connectivity index (χ0v) is 12.5. The SMILES string of the molecule is Cc1cc(N2CCOCC2)nc([C@@H]2CCCN(C)C2)n1. The number of ether oxygens (including phenoxy) is 1. The zero-order chi connectivity index (χ0) is 13.9. The lowest BCUT2D eigenvalue weighted by Gasteiger charge is -2.31. The fourth-order valence-corrected chi connectivity index (χ4v) is 3.09. The topological polar surface area (TPSA) is 41.5 Å². The third kappa shape index (κ3) is 3.10. The first-order chi connectivity index (χ1) is 9.72. The molecule has 2 fully saturated rings. The Labute approximate surface area is 121 Å². The van der Waals surface area contributed by atoms with Gasteiger partial charge in [0.15, 0.2) is 0 Å². The van der Waals surface area contributed by atoms with Crippen molar-refractivity contribution in [1.82, 2.24) is 14.9 Å². The average Bonchev–Trinajstić information content (AvgIpc) is 2.47. The molecule has 0 radical (unpaired) electrons. The van der Waals surface area contributed by atoms with Crippen molar-refractivity contribution in [2.24, 2.45) is 0 Å². The van der Waals surface area contributed by atoms with Crippen LogP contribution in [0.2, 0.25) is 0 Å². The Morgan fingerprint density at radius 3 is 2.75 bits per heavy atom. The van der Waals surface area contributed by atoms with E-state index >= 15 is 0 Å². The molecule has 5 heteroatoms. The number of anilines is 1. The van der Waals surface area contributed by atoms with E-state index in [1.807, 2.05) is 0 Å². The standard InChI is InChI=1S/C15H24N4O/c1-12-10-14(19-6-8-20-9-7-19)17-15(16-12)13-4-3-5-18(2)11-13/h10,13H,3-9,11H2,1-2H3/t13-/m1/s1. The van der Waals surface area contributed by atoms with Crippen LogP contribution in [0, 0.1) is 6.92 Å². The van der Waals surface area contributed by atoms with E-state index in [-0.39, 0.29) is 0 Å². The monoisotopic (exact) mass is 276 g/mol. The average molecular weight is 276 g/mol. The lowest BCUT2D eigenvalue weighted by molar-refractivity contribution is 0.122. The molecule has 3 heterocycles. The largest absolute Gasteiger partial charge is 0.378 e. The number of aromatic nitrogens is 2. The molecule has 110 valence electrons. The van der Waals surface area contributed by atoms with Crippen LogP contribution >= 0.6 is 0 Å². The molecule has 2 aliphatic heterocycles. The van der Waals surface area contributed by atoms with E-state index < -0.39 is 0 Å². The number of likely N-dealkylation sites (N-methyl/N-ethyl adjacent to an activating group) is 1. The van der Waals surface area contributed by atoms with Crippen molar-refractivity contribution >= 4 is 5.82 Å². The van der Waals surface area contributed by atoms with Gasteiger partial charge in [0.25, 0.3) is 0 Å². The van der Waals surface area contributed by atoms with E-state index in [1.165, 1.54) is 19.4 Å². The van der Waals surface area contributed by atoms with Gasteiger partial charge < -0.3 is 14.5 Å². The number of hydrogen-bond acceptors (Lipinski definition) is 5. The minimum Gasteiger partial charge on any atom is -0.378 e. The molecule has 0 bridgehead atoms. The highest BCUT2D eigenvalue weighted by molar-refractivity contribution is 5.40. The van der Waals surface area contributed by atoms with Crippen LogP contribution in [-0.4, -0.2) is 61.3 Å². The highest BCUT2D eigenvalue weighted by Gasteiger charge is 2.23. The third-order valence-corrected chi connectivity index (χ3v) is 4.18. The number of aryl methyl sites for hydroxylation is 1. The molecule has 3 rings (SSSR count). The fraction of sp³-hybridized carbons (Fsp3) is 0.733. The number of likely N-dealkylation sites (tertiary alicyclic amines) is 1. The van der Waals surface area contributed by atoms with Crippen LogP contribution < -0.4 is 4.90 Å². The second-order valence-electron chi connectivity index (χ2n) is 5.93. The van der Waals surface area contributed by atoms with Crippen molar-refractivity contribution in [3.05, 3.63) is 17.6 Å². The molecule has 0 amide bonds. The molecule has 0 aliphatic carbocycles. The molecule has 5 nitrogen and oxygen atoms in total. The number of morpholine rings is 1. The van der Waals surface area contributed by atoms with Crippen molar-refractivity contribution < 1.29 is 4.74 Å². The Morgan fingerprint density at radius 1 is 1.20 bits per heavy atom. The van der Waals surface area contributed by atoms with Crippen molar-refractivity contribution in [2.75, 3.05) is 51.3 Å². The summed E-state index contributed by atoms with van der Waals surface area (Å²) < 4.78 is 5.42. The molecule has 20 heavy (non-hydrogen) atoms. The normalized spacial score (nSPS) is 24.9. The first-order valence-electron chi connectivity index (χ1n) is 7.59. The zero-order valence-electron chi connectivity index (χ0n) is 12.5. The summed E-state index contributed by atoms with van der Waals surface area (Å²) in [7, 11) is 2.19. The van der Waals surface area contributed by atoms with Crippen LogP contribution in [0.5, 0.6) is 0 Å². The summed E-state index contributed by atoms with van der Waals surface area (Å²) in [6, 6.07) is 2.10. The maximum atomic E-state index is 5.42. The van der Waals surface area contributed by atoms with Gasteiger partial charge in [-0.25, -0.2) is 9.97 Å². The summed E-state index contributed by atoms with van der Waals surface area (Å²) in [4.78, 5) is 14.2. The van der Waals surface area contributed by atoms with Gasteiger partial charge in [0.1, 0.15) is 11.6 Å². The van der Waals surface area contributed by atoms with Crippen molar-refractivity contribution in [1.29, 1.82) is 0 Å². The van der Waals surface area contributed by atoms with E-state index in [0.29, 0.717) is 5.92 Å². The third-order valence-electron chi connectivity index (χ3n) is 4.18. The molecular formula is C15H24N4O. The molecule has 1 aromatic rings. The molecule has 2 aliphatic rings. The smallest absolute Gasteiger partial charge is 0.135 e. The first-order valence-corrected chi connectivity index (χ1v) is 7.59. The predicted octanol–water partition coefficient (Wildman–Crippen LogP) is 1.43. The fourth-order valence-electron chi connectivity index (χ4n) is 3.09. The summed E-state index contributed by atoms with van der Waals surface area (Å²) in [5.74, 6) is 2.58. The minimum absolute atomic E-state index is 0.480. The number of hydrogen-bond donors (Lipinski definition) is 0. The van der Waals surface area contributed by atoms with Gasteiger partial charge >= 0.3 is 0 Å². The maximum absolute atomic E-state index is 5.42. The Morgan fingerprint density at radius 2 is 2.00 bits per heavy atom. The molecule has 0 aromatic carbocycles. The Balaban J connectivity index is 1.82. The summed E-state index contributed by atoms with van der Waals surface area (Å²) in [5.41, 5.74) is 1.07. The van der Waals surface area contributed by atoms with E-state index in [0.717, 1.165) is 50.2 Å². The van der Waals surface area contributed by atoms with E-state index in [4.69, 9.17) is 14.7 Å². The molecule has 1 atom stereocenters. The number of piperidine rings is 1. The maximum Gasteiger partial charge on any atom is 0.135 e. The van der Waals surface area contributed by atoms with Gasteiger partial charge in [-0.2, -0.15) is 0 Å². The van der Waals surface area contributed by atoms with Crippen molar-refractivity contribution in [2.45, 2.75) is 25.7 Å². The van der Waals surface area contributed by atoms with Gasteiger partial charge in [0, 0.05) is 37.3 Å². The molecule has 1 aromatic heterocycles. The summed E-state index contributed by atoms with van der Waals surface area (Å²) in [6.45, 7) is 7.79. The predicted molar refractivity (Wildman–Crippen MR) is 79.3 cm³/mol. The van der Waals surface area contributed by atoms with Crippen molar-refractivity contribution in [3.8, 4) is 0 Å². The Bertz CT molecular complexity index is 459. The van der Waals surface area contributed by atoms with Crippen LogP contribution in [0.4, 0.5) is 5.82 Å². The molecule has 0 spiro atoms. The van der Waals surface area contributed by atoms with Gasteiger partial charge in [0.2, 0.25) is 0 Å². The second kappa shape index (κ2) is 6.06. The molecule has 2 saturated heterocycles. The molecular weight excluding hydrogens is 252 g/mol. The van der Waals surface area contributed by atoms with Crippen LogP contribution in [0.25, 0.3) is 0 Å². The van der Waals surface area contributed by atoms with Gasteiger partial charge in [-0.05, 0) is 33.4 Å². The highest BCUT2D eigenvalue weighted by Crippen LogP contribution is 2.25. The highest BCUT2D eigenvalue weighted by atomic mass is 16.5. The lowest BCUT2D eigenvalue weighted by Crippen LogP contribution is -2.37. The summed E-state index contributed by atoms with van der Waals surface area (Å²) in [5, 5.41) is 0. The molecule has 0 unspecified atom stereocenters. The first kappa shape index (κ1) is 13.8. The Kier molecular flexibility index (Phi) is 4.17. The van der Waals surface area contributed by atoms with E-state index in [9.17, 15) is 0 Å². The van der Waals surface area contributed by atoms with Crippen LogP contribution in [0.1, 0.15) is 30.3 Å². The van der Waals surface area contributed by atoms with Crippen LogP contribution in [-0.2, 0) is 4.74 Å². The van der Waals surface area contributed by atoms with Crippen LogP contribution in [0.3, 0.4) is 0 Å². The summed E-state index contributed by atoms with van der Waals surface area (Å²) >= 11 is 0. The minimum atomic E-state index is 0.480. The quantitative estimate of drug-likeness (QED) is 0.817. The van der Waals surface area contributed by atoms with Gasteiger partial charge in [-0.1, -0.05) is 0 Å². The van der Waals surface area contributed by atoms with Gasteiger partial charge in [-0.3, -0.25) is 0 Å².